The number of halogens is 1. The topological polar surface area (TPSA) is 47.7 Å². The van der Waals surface area contributed by atoms with Crippen molar-refractivity contribution in [2.45, 2.75) is 38.5 Å². The Morgan fingerprint density at radius 3 is 2.67 bits per heavy atom. The Bertz CT molecular complexity index is 460. The minimum absolute atomic E-state index is 0.230. The number of ether oxygens (including phenoxy) is 2. The third-order valence-corrected chi connectivity index (χ3v) is 3.86. The van der Waals surface area contributed by atoms with Gasteiger partial charge in [0.1, 0.15) is 11.6 Å². The van der Waals surface area contributed by atoms with Crippen molar-refractivity contribution in [3.05, 3.63) is 29.6 Å². The molecule has 118 valence electrons. The van der Waals surface area contributed by atoms with Gasteiger partial charge in [0.25, 0.3) is 0 Å². The van der Waals surface area contributed by atoms with Gasteiger partial charge in [0.2, 0.25) is 0 Å². The van der Waals surface area contributed by atoms with Crippen LogP contribution in [-0.4, -0.2) is 43.9 Å². The van der Waals surface area contributed by atoms with Crippen LogP contribution < -0.4 is 10.5 Å². The molecule has 0 spiro atoms. The van der Waals surface area contributed by atoms with Crippen LogP contribution in [0.15, 0.2) is 18.2 Å². The zero-order valence-electron chi connectivity index (χ0n) is 13.0. The number of rotatable bonds is 5. The molecular formula is C16H25FN2O2. The highest BCUT2D eigenvalue weighted by Crippen LogP contribution is 2.28. The first-order valence-corrected chi connectivity index (χ1v) is 7.47. The molecule has 0 aromatic heterocycles. The standard InChI is InChI=1S/C16H25FN2O2/c1-11-9-19(10-12(2)21-11)8-7-14(18)16-13(17)5-4-6-15(16)20-3/h4-6,11-12,14H,7-10,18H2,1-3H3. The Kier molecular flexibility index (Phi) is 5.56. The van der Waals surface area contributed by atoms with Gasteiger partial charge in [0, 0.05) is 31.2 Å². The Hall–Kier alpha value is -1.17. The number of hydrogen-bond acceptors (Lipinski definition) is 4. The molecule has 2 rings (SSSR count). The molecule has 1 aromatic carbocycles. The van der Waals surface area contributed by atoms with Crippen molar-refractivity contribution in [3.63, 3.8) is 0 Å². The van der Waals surface area contributed by atoms with Gasteiger partial charge in [-0.15, -0.1) is 0 Å². The summed E-state index contributed by atoms with van der Waals surface area (Å²) in [5, 5.41) is 0. The number of benzene rings is 1. The van der Waals surface area contributed by atoms with Crippen LogP contribution in [0.3, 0.4) is 0 Å². The Morgan fingerprint density at radius 2 is 2.05 bits per heavy atom. The summed E-state index contributed by atoms with van der Waals surface area (Å²) in [6, 6.07) is 4.44. The highest BCUT2D eigenvalue weighted by atomic mass is 19.1. The second-order valence-electron chi connectivity index (χ2n) is 5.77. The molecule has 0 aliphatic carbocycles. The molecule has 1 heterocycles. The summed E-state index contributed by atoms with van der Waals surface area (Å²) in [4.78, 5) is 2.33. The normalized spacial score (nSPS) is 24.8. The van der Waals surface area contributed by atoms with Crippen molar-refractivity contribution >= 4 is 0 Å². The van der Waals surface area contributed by atoms with Crippen LogP contribution in [0.4, 0.5) is 4.39 Å². The number of hydrogen-bond donors (Lipinski definition) is 1. The monoisotopic (exact) mass is 296 g/mol. The maximum Gasteiger partial charge on any atom is 0.131 e. The SMILES string of the molecule is COc1cccc(F)c1C(N)CCN1CC(C)OC(C)C1. The van der Waals surface area contributed by atoms with E-state index in [2.05, 4.69) is 18.7 Å². The molecule has 1 aromatic rings. The van der Waals surface area contributed by atoms with Gasteiger partial charge in [-0.1, -0.05) is 6.07 Å². The van der Waals surface area contributed by atoms with Crippen molar-refractivity contribution in [1.82, 2.24) is 4.90 Å². The average Bonchev–Trinajstić information content (AvgIpc) is 2.43. The first-order valence-electron chi connectivity index (χ1n) is 7.47. The molecule has 3 unspecified atom stereocenters. The fourth-order valence-electron chi connectivity index (χ4n) is 2.99. The van der Waals surface area contributed by atoms with Gasteiger partial charge < -0.3 is 15.2 Å². The number of nitrogens with two attached hydrogens (primary N) is 1. The molecule has 5 heteroatoms. The first kappa shape index (κ1) is 16.2. The van der Waals surface area contributed by atoms with Gasteiger partial charge >= 0.3 is 0 Å². The predicted octanol–water partition coefficient (Wildman–Crippen LogP) is 2.33. The first-order chi connectivity index (χ1) is 10.0. The van der Waals surface area contributed by atoms with Gasteiger partial charge in [-0.25, -0.2) is 4.39 Å². The van der Waals surface area contributed by atoms with Crippen LogP contribution in [0.2, 0.25) is 0 Å². The van der Waals surface area contributed by atoms with E-state index in [9.17, 15) is 4.39 Å². The van der Waals surface area contributed by atoms with Crippen molar-refractivity contribution in [1.29, 1.82) is 0 Å². The van der Waals surface area contributed by atoms with Crippen LogP contribution in [-0.2, 0) is 4.74 Å². The highest BCUT2D eigenvalue weighted by molar-refractivity contribution is 5.37. The Balaban J connectivity index is 1.97. The maximum atomic E-state index is 14.0. The molecule has 2 N–H and O–H groups in total. The van der Waals surface area contributed by atoms with E-state index in [-0.39, 0.29) is 24.1 Å². The second kappa shape index (κ2) is 7.20. The smallest absolute Gasteiger partial charge is 0.131 e. The van der Waals surface area contributed by atoms with Gasteiger partial charge in [-0.05, 0) is 32.4 Å². The molecule has 1 fully saturated rings. The third-order valence-electron chi connectivity index (χ3n) is 3.86. The van der Waals surface area contributed by atoms with E-state index in [0.717, 1.165) is 19.6 Å². The van der Waals surface area contributed by atoms with Crippen LogP contribution >= 0.6 is 0 Å². The number of morpholine rings is 1. The summed E-state index contributed by atoms with van der Waals surface area (Å²) >= 11 is 0. The molecule has 3 atom stereocenters. The lowest BCUT2D eigenvalue weighted by atomic mass is 10.0. The molecule has 0 bridgehead atoms. The zero-order chi connectivity index (χ0) is 15.4. The van der Waals surface area contributed by atoms with Crippen molar-refractivity contribution in [2.24, 2.45) is 5.73 Å². The zero-order valence-corrected chi connectivity index (χ0v) is 13.0. The lowest BCUT2D eigenvalue weighted by Gasteiger charge is -2.35. The van der Waals surface area contributed by atoms with E-state index in [1.54, 1.807) is 12.1 Å². The van der Waals surface area contributed by atoms with E-state index in [1.165, 1.54) is 13.2 Å². The van der Waals surface area contributed by atoms with E-state index >= 15 is 0 Å². The van der Waals surface area contributed by atoms with Crippen molar-refractivity contribution in [3.8, 4) is 5.75 Å². The van der Waals surface area contributed by atoms with Gasteiger partial charge in [-0.2, -0.15) is 0 Å². The largest absolute Gasteiger partial charge is 0.496 e. The molecule has 1 aliphatic heterocycles. The lowest BCUT2D eigenvalue weighted by molar-refractivity contribution is -0.0684. The molecule has 1 aliphatic rings. The Labute approximate surface area is 126 Å². The van der Waals surface area contributed by atoms with E-state index in [0.29, 0.717) is 17.7 Å². The van der Waals surface area contributed by atoms with Crippen molar-refractivity contribution in [2.75, 3.05) is 26.7 Å². The average molecular weight is 296 g/mol. The van der Waals surface area contributed by atoms with Crippen LogP contribution in [0.25, 0.3) is 0 Å². The maximum absolute atomic E-state index is 14.0. The molecule has 0 saturated carbocycles. The van der Waals surface area contributed by atoms with E-state index in [1.807, 2.05) is 0 Å². The fourth-order valence-corrected chi connectivity index (χ4v) is 2.99. The van der Waals surface area contributed by atoms with Crippen LogP contribution in [0.1, 0.15) is 31.9 Å². The highest BCUT2D eigenvalue weighted by Gasteiger charge is 2.23. The molecule has 1 saturated heterocycles. The van der Waals surface area contributed by atoms with Crippen LogP contribution in [0, 0.1) is 5.82 Å². The third kappa shape index (κ3) is 4.15. The quantitative estimate of drug-likeness (QED) is 0.906. The van der Waals surface area contributed by atoms with Gasteiger partial charge in [0.05, 0.1) is 19.3 Å². The van der Waals surface area contributed by atoms with Gasteiger partial charge in [-0.3, -0.25) is 4.90 Å². The summed E-state index contributed by atoms with van der Waals surface area (Å²) < 4.78 is 24.9. The summed E-state index contributed by atoms with van der Waals surface area (Å²) in [7, 11) is 1.54. The fraction of sp³-hybridized carbons (Fsp3) is 0.625. The molecular weight excluding hydrogens is 271 g/mol. The predicted molar refractivity (Wildman–Crippen MR) is 80.9 cm³/mol. The summed E-state index contributed by atoms with van der Waals surface area (Å²) in [5.41, 5.74) is 6.65. The molecule has 0 radical (unpaired) electrons. The van der Waals surface area contributed by atoms with E-state index in [4.69, 9.17) is 15.2 Å². The summed E-state index contributed by atoms with van der Waals surface area (Å²) in [6.07, 6.45) is 1.15. The van der Waals surface area contributed by atoms with Gasteiger partial charge in [0.15, 0.2) is 0 Å². The minimum atomic E-state index is -0.366. The number of methoxy groups -OCH3 is 1. The lowest BCUT2D eigenvalue weighted by Crippen LogP contribution is -2.46. The molecule has 0 amide bonds. The van der Waals surface area contributed by atoms with E-state index < -0.39 is 0 Å². The molecule has 4 nitrogen and oxygen atoms in total. The number of nitrogens with zero attached hydrogens (tertiary/aromatic N) is 1. The summed E-state index contributed by atoms with van der Waals surface area (Å²) in [6.45, 7) is 6.76. The Morgan fingerprint density at radius 1 is 1.38 bits per heavy atom. The summed E-state index contributed by atoms with van der Waals surface area (Å²) in [5.74, 6) is 0.219. The molecule has 21 heavy (non-hydrogen) atoms. The second-order valence-corrected chi connectivity index (χ2v) is 5.77. The minimum Gasteiger partial charge on any atom is -0.496 e. The van der Waals surface area contributed by atoms with Crippen molar-refractivity contribution < 1.29 is 13.9 Å². The van der Waals surface area contributed by atoms with Crippen LogP contribution in [0.5, 0.6) is 5.75 Å².